The van der Waals surface area contributed by atoms with E-state index in [4.69, 9.17) is 25.9 Å². The lowest BCUT2D eigenvalue weighted by Gasteiger charge is -2.14. The van der Waals surface area contributed by atoms with Crippen molar-refractivity contribution in [2.45, 2.75) is 6.18 Å². The molecule has 2 rings (SSSR count). The van der Waals surface area contributed by atoms with E-state index >= 15 is 0 Å². The first-order valence-electron chi connectivity index (χ1n) is 7.57. The van der Waals surface area contributed by atoms with E-state index in [1.165, 1.54) is 25.3 Å². The quantitative estimate of drug-likeness (QED) is 0.286. The van der Waals surface area contributed by atoms with E-state index in [1.807, 2.05) is 0 Å². The van der Waals surface area contributed by atoms with Crippen LogP contribution in [0.5, 0.6) is 17.2 Å². The summed E-state index contributed by atoms with van der Waals surface area (Å²) >= 11 is 0. The van der Waals surface area contributed by atoms with E-state index in [2.05, 4.69) is 10.5 Å². The van der Waals surface area contributed by atoms with E-state index in [1.54, 1.807) is 6.07 Å². The molecule has 152 valence electrons. The van der Waals surface area contributed by atoms with Crippen molar-refractivity contribution >= 4 is 17.2 Å². The number of hydrazone groups is 1. The van der Waals surface area contributed by atoms with Gasteiger partial charge in [-0.3, -0.25) is 10.8 Å². The number of nitrogens with two attached hydrogens (primary N) is 1. The van der Waals surface area contributed by atoms with E-state index in [9.17, 15) is 22.0 Å². The maximum atomic E-state index is 14.1. The van der Waals surface area contributed by atoms with Crippen LogP contribution in [0, 0.1) is 28.4 Å². The number of nitriles is 1. The molecule has 12 heteroatoms. The Morgan fingerprint density at radius 2 is 1.83 bits per heavy atom. The molecule has 0 amide bonds. The largest absolute Gasteiger partial charge is 0.497 e. The third-order valence-corrected chi connectivity index (χ3v) is 3.37. The van der Waals surface area contributed by atoms with Crippen molar-refractivity contribution in [3.8, 4) is 23.3 Å². The second kappa shape index (κ2) is 8.42. The Kier molecular flexibility index (Phi) is 6.22. The fourth-order valence-corrected chi connectivity index (χ4v) is 2.01. The molecule has 2 aromatic carbocycles. The Labute approximate surface area is 160 Å². The van der Waals surface area contributed by atoms with Gasteiger partial charge in [0.2, 0.25) is 5.71 Å². The van der Waals surface area contributed by atoms with Crippen molar-refractivity contribution in [2.75, 3.05) is 12.5 Å². The lowest BCUT2D eigenvalue weighted by molar-refractivity contribution is -0.138. The maximum Gasteiger partial charge on any atom is 0.416 e. The monoisotopic (exact) mass is 413 g/mol. The molecule has 7 nitrogen and oxygen atoms in total. The summed E-state index contributed by atoms with van der Waals surface area (Å²) in [4.78, 5) is 0. The first-order valence-corrected chi connectivity index (χ1v) is 7.57. The van der Waals surface area contributed by atoms with Crippen LogP contribution in [0.2, 0.25) is 0 Å². The van der Waals surface area contributed by atoms with Crippen LogP contribution in [0.1, 0.15) is 5.56 Å². The van der Waals surface area contributed by atoms with Crippen LogP contribution >= 0.6 is 0 Å². The zero-order valence-corrected chi connectivity index (χ0v) is 14.6. The van der Waals surface area contributed by atoms with Gasteiger partial charge in [0.05, 0.1) is 12.7 Å². The number of amidine groups is 1. The number of methoxy groups -OCH3 is 1. The van der Waals surface area contributed by atoms with Gasteiger partial charge < -0.3 is 15.2 Å². The molecular formula is C17H12F5N5O2. The number of benzene rings is 2. The lowest BCUT2D eigenvalue weighted by atomic mass is 10.2. The molecule has 0 aromatic heterocycles. The predicted octanol–water partition coefficient (Wildman–Crippen LogP) is 4.01. The molecule has 0 saturated heterocycles. The summed E-state index contributed by atoms with van der Waals surface area (Å²) in [6.45, 7) is 0. The summed E-state index contributed by atoms with van der Waals surface area (Å²) in [5, 5.41) is 19.6. The molecule has 0 saturated carbocycles. The summed E-state index contributed by atoms with van der Waals surface area (Å²) in [5.41, 5.74) is 5.41. The van der Waals surface area contributed by atoms with Crippen LogP contribution in [0.4, 0.5) is 27.6 Å². The lowest BCUT2D eigenvalue weighted by Crippen LogP contribution is -2.21. The van der Waals surface area contributed by atoms with Crippen molar-refractivity contribution in [3.63, 3.8) is 0 Å². The molecule has 0 heterocycles. The fraction of sp³-hybridized carbons (Fsp3) is 0.118. The van der Waals surface area contributed by atoms with Crippen LogP contribution in [0.3, 0.4) is 0 Å². The highest BCUT2D eigenvalue weighted by atomic mass is 19.4. The van der Waals surface area contributed by atoms with Gasteiger partial charge in [0.1, 0.15) is 17.5 Å². The Hall–Kier alpha value is -3.88. The number of halogens is 5. The van der Waals surface area contributed by atoms with E-state index < -0.39 is 40.7 Å². The molecule has 0 spiro atoms. The summed E-state index contributed by atoms with van der Waals surface area (Å²) < 4.78 is 76.2. The van der Waals surface area contributed by atoms with Crippen LogP contribution in [0.25, 0.3) is 0 Å². The minimum absolute atomic E-state index is 0.0722. The van der Waals surface area contributed by atoms with Crippen LogP contribution in [-0.4, -0.2) is 18.7 Å². The van der Waals surface area contributed by atoms with Gasteiger partial charge in [-0.25, -0.2) is 8.78 Å². The summed E-state index contributed by atoms with van der Waals surface area (Å²) in [7, 11) is 1.33. The number of nitrogens with zero attached hydrogens (tertiary/aromatic N) is 2. The number of anilines is 1. The summed E-state index contributed by atoms with van der Waals surface area (Å²) in [6.07, 6.45) is -4.94. The van der Waals surface area contributed by atoms with Crippen molar-refractivity contribution in [2.24, 2.45) is 10.8 Å². The van der Waals surface area contributed by atoms with Gasteiger partial charge in [-0.05, 0) is 24.3 Å². The zero-order chi connectivity index (χ0) is 21.8. The molecule has 0 aliphatic carbocycles. The van der Waals surface area contributed by atoms with Crippen LogP contribution in [-0.2, 0) is 6.18 Å². The molecular weight excluding hydrogens is 401 g/mol. The maximum absolute atomic E-state index is 14.1. The number of nitrogens with one attached hydrogen (secondary N) is 2. The van der Waals surface area contributed by atoms with Crippen molar-refractivity contribution < 1.29 is 31.4 Å². The van der Waals surface area contributed by atoms with Crippen molar-refractivity contribution in [1.82, 2.24) is 0 Å². The van der Waals surface area contributed by atoms with Gasteiger partial charge in [0, 0.05) is 6.07 Å². The summed E-state index contributed by atoms with van der Waals surface area (Å²) in [6, 6.07) is 5.56. The average molecular weight is 413 g/mol. The number of ether oxygens (including phenoxy) is 2. The Morgan fingerprint density at radius 1 is 1.21 bits per heavy atom. The third-order valence-electron chi connectivity index (χ3n) is 3.37. The fourth-order valence-electron chi connectivity index (χ4n) is 2.01. The Bertz CT molecular complexity index is 991. The van der Waals surface area contributed by atoms with E-state index in [0.29, 0.717) is 0 Å². The topological polar surface area (TPSA) is 117 Å². The molecule has 0 bridgehead atoms. The van der Waals surface area contributed by atoms with Crippen molar-refractivity contribution in [1.29, 1.82) is 10.7 Å². The number of hydrogen-bond donors (Lipinski definition) is 3. The predicted molar refractivity (Wildman–Crippen MR) is 93.0 cm³/mol. The second-order valence-corrected chi connectivity index (χ2v) is 5.33. The normalized spacial score (nSPS) is 11.6. The molecule has 0 fully saturated rings. The first kappa shape index (κ1) is 21.4. The second-order valence-electron chi connectivity index (χ2n) is 5.33. The standard InChI is InChI=1S/C17H12F5N5O2/c1-28-9-2-3-14(12(6-9)26-27-13(7-23)16(24)25)29-15-10(18)4-8(5-11(15)19)17(20,21)22/h2-6,26H,1H3,(H3,24,25)/b27-13+. The molecule has 0 unspecified atom stereocenters. The van der Waals surface area contributed by atoms with Gasteiger partial charge in [0.25, 0.3) is 0 Å². The van der Waals surface area contributed by atoms with Gasteiger partial charge in [0.15, 0.2) is 29.0 Å². The molecule has 4 N–H and O–H groups in total. The Morgan fingerprint density at radius 3 is 2.31 bits per heavy atom. The number of rotatable bonds is 6. The first-order chi connectivity index (χ1) is 13.6. The van der Waals surface area contributed by atoms with Gasteiger partial charge in [-0.2, -0.15) is 23.5 Å². The average Bonchev–Trinajstić information content (AvgIpc) is 2.64. The smallest absolute Gasteiger partial charge is 0.416 e. The van der Waals surface area contributed by atoms with Gasteiger partial charge >= 0.3 is 6.18 Å². The minimum atomic E-state index is -4.94. The van der Waals surface area contributed by atoms with Gasteiger partial charge in [-0.15, -0.1) is 0 Å². The molecule has 29 heavy (non-hydrogen) atoms. The van der Waals surface area contributed by atoms with E-state index in [0.717, 1.165) is 0 Å². The molecule has 0 aliphatic heterocycles. The SMILES string of the molecule is COc1ccc(Oc2c(F)cc(C(F)(F)F)cc2F)c(N/N=C(\C#N)C(=N)N)c1. The third kappa shape index (κ3) is 5.10. The highest BCUT2D eigenvalue weighted by Crippen LogP contribution is 2.38. The zero-order valence-electron chi connectivity index (χ0n) is 14.6. The molecule has 2 aromatic rings. The molecule has 0 aliphatic rings. The van der Waals surface area contributed by atoms with Crippen molar-refractivity contribution in [3.05, 3.63) is 47.5 Å². The highest BCUT2D eigenvalue weighted by Gasteiger charge is 2.33. The minimum Gasteiger partial charge on any atom is -0.497 e. The summed E-state index contributed by atoms with van der Waals surface area (Å²) in [5.74, 6) is -4.89. The van der Waals surface area contributed by atoms with Crippen LogP contribution in [0.15, 0.2) is 35.4 Å². The number of alkyl halides is 3. The molecule has 0 radical (unpaired) electrons. The van der Waals surface area contributed by atoms with E-state index in [-0.39, 0.29) is 29.3 Å². The van der Waals surface area contributed by atoms with Crippen LogP contribution < -0.4 is 20.6 Å². The number of hydrogen-bond acceptors (Lipinski definition) is 6. The Balaban J connectivity index is 2.46. The highest BCUT2D eigenvalue weighted by molar-refractivity contribution is 6.45. The molecule has 0 atom stereocenters. The van der Waals surface area contributed by atoms with Gasteiger partial charge in [-0.1, -0.05) is 0 Å².